The summed E-state index contributed by atoms with van der Waals surface area (Å²) in [6, 6.07) is 10.6. The Morgan fingerprint density at radius 1 is 1.15 bits per heavy atom. The predicted octanol–water partition coefficient (Wildman–Crippen LogP) is 4.02. The third kappa shape index (κ3) is 3.62. The number of benzene rings is 1. The maximum absolute atomic E-state index is 12.2. The van der Waals surface area contributed by atoms with Crippen molar-refractivity contribution < 1.29 is 14.0 Å². The van der Waals surface area contributed by atoms with Crippen LogP contribution >= 0.6 is 27.3 Å². The van der Waals surface area contributed by atoms with Gasteiger partial charge in [-0.1, -0.05) is 12.1 Å². The topological polar surface area (TPSA) is 102 Å². The number of aromatic nitrogens is 3. The summed E-state index contributed by atoms with van der Waals surface area (Å²) in [5.41, 5.74) is 2.46. The Balaban J connectivity index is 1.58. The molecule has 4 aromatic rings. The number of rotatable bonds is 4. The molecule has 1 aromatic carbocycles. The smallest absolute Gasteiger partial charge is 0.293 e. The number of carbonyl (C=O) groups is 2. The zero-order valence-electron chi connectivity index (χ0n) is 13.9. The normalized spacial score (nSPS) is 10.9. The molecule has 0 saturated heterocycles. The van der Waals surface area contributed by atoms with Crippen LogP contribution in [0.5, 0.6) is 0 Å². The second-order valence-corrected chi connectivity index (χ2v) is 7.19. The summed E-state index contributed by atoms with van der Waals surface area (Å²) < 4.78 is 7.35. The molecule has 2 N–H and O–H groups in total. The van der Waals surface area contributed by atoms with Crippen LogP contribution < -0.4 is 10.6 Å². The van der Waals surface area contributed by atoms with Gasteiger partial charge in [-0.3, -0.25) is 14.9 Å². The molecular weight excluding hydrogens is 434 g/mol. The van der Waals surface area contributed by atoms with E-state index < -0.39 is 5.91 Å². The van der Waals surface area contributed by atoms with Crippen LogP contribution in [-0.2, 0) is 4.79 Å². The Bertz CT molecular complexity index is 1150. The fraction of sp³-hybridized carbons (Fsp3) is 0.0588. The lowest BCUT2D eigenvalue weighted by Crippen LogP contribution is -2.12. The highest BCUT2D eigenvalue weighted by molar-refractivity contribution is 9.10. The minimum Gasteiger partial charge on any atom is -0.444 e. The van der Waals surface area contributed by atoms with Crippen molar-refractivity contribution in [1.29, 1.82) is 0 Å². The average Bonchev–Trinajstić information content (AvgIpc) is 3.31. The number of halogens is 1. The summed E-state index contributed by atoms with van der Waals surface area (Å²) in [5, 5.41) is 11.6. The van der Waals surface area contributed by atoms with Crippen LogP contribution in [-0.4, -0.2) is 26.4 Å². The van der Waals surface area contributed by atoms with Crippen molar-refractivity contribution >= 4 is 55.7 Å². The van der Waals surface area contributed by atoms with Gasteiger partial charge in [-0.05, 0) is 40.2 Å². The van der Waals surface area contributed by atoms with E-state index in [1.165, 1.54) is 18.3 Å². The summed E-state index contributed by atoms with van der Waals surface area (Å²) in [6.07, 6.45) is 0. The lowest BCUT2D eigenvalue weighted by Gasteiger charge is -2.03. The van der Waals surface area contributed by atoms with E-state index in [4.69, 9.17) is 4.42 Å². The molecule has 0 aliphatic heterocycles. The Labute approximate surface area is 165 Å². The number of fused-ring (bicyclic) bond motifs is 1. The van der Waals surface area contributed by atoms with Crippen molar-refractivity contribution in [3.8, 4) is 11.3 Å². The van der Waals surface area contributed by atoms with Crippen LogP contribution in [0, 0.1) is 0 Å². The monoisotopic (exact) mass is 445 g/mol. The molecule has 8 nitrogen and oxygen atoms in total. The van der Waals surface area contributed by atoms with E-state index in [0.717, 1.165) is 11.3 Å². The van der Waals surface area contributed by atoms with E-state index in [-0.39, 0.29) is 17.6 Å². The van der Waals surface area contributed by atoms with Gasteiger partial charge >= 0.3 is 0 Å². The number of thiazole rings is 1. The second kappa shape index (κ2) is 6.97. The molecule has 136 valence electrons. The van der Waals surface area contributed by atoms with Crippen molar-refractivity contribution in [2.24, 2.45) is 0 Å². The van der Waals surface area contributed by atoms with Crippen LogP contribution in [0.15, 0.2) is 50.9 Å². The first kappa shape index (κ1) is 17.4. The molecule has 0 atom stereocenters. The number of amides is 2. The highest BCUT2D eigenvalue weighted by Crippen LogP contribution is 2.27. The molecule has 0 bridgehead atoms. The molecule has 0 aliphatic carbocycles. The van der Waals surface area contributed by atoms with Gasteiger partial charge in [0.05, 0.1) is 5.69 Å². The Morgan fingerprint density at radius 3 is 2.59 bits per heavy atom. The van der Waals surface area contributed by atoms with Gasteiger partial charge in [-0.25, -0.2) is 4.52 Å². The van der Waals surface area contributed by atoms with E-state index in [1.807, 2.05) is 29.6 Å². The Morgan fingerprint density at radius 2 is 1.93 bits per heavy atom. The third-order valence-corrected chi connectivity index (χ3v) is 4.85. The van der Waals surface area contributed by atoms with Gasteiger partial charge < -0.3 is 9.73 Å². The van der Waals surface area contributed by atoms with Gasteiger partial charge in [0.15, 0.2) is 10.4 Å². The predicted molar refractivity (Wildman–Crippen MR) is 105 cm³/mol. The molecular formula is C17H12BrN5O3S. The number of hydrogen-bond donors (Lipinski definition) is 2. The number of anilines is 2. The van der Waals surface area contributed by atoms with Crippen LogP contribution in [0.25, 0.3) is 16.2 Å². The highest BCUT2D eigenvalue weighted by Gasteiger charge is 2.16. The lowest BCUT2D eigenvalue weighted by atomic mass is 10.1. The first-order valence-corrected chi connectivity index (χ1v) is 9.46. The highest BCUT2D eigenvalue weighted by atomic mass is 79.9. The molecule has 3 aromatic heterocycles. The molecule has 0 saturated carbocycles. The van der Waals surface area contributed by atoms with Crippen LogP contribution in [0.2, 0.25) is 0 Å². The summed E-state index contributed by atoms with van der Waals surface area (Å²) >= 11 is 4.57. The number of nitrogens with zero attached hydrogens (tertiary/aromatic N) is 3. The maximum Gasteiger partial charge on any atom is 0.293 e. The standard InChI is InChI=1S/C17H12BrN5O3S/c1-9(24)19-11-4-2-10(3-5-11)12-8-27-17-21-16(22-23(12)17)20-15(25)13-6-7-14(18)26-13/h2-8H,1H3,(H,19,24)(H,20,22,25). The first-order chi connectivity index (χ1) is 13.0. The third-order valence-electron chi connectivity index (χ3n) is 3.60. The minimum atomic E-state index is -0.430. The number of furan rings is 1. The van der Waals surface area contributed by atoms with Crippen molar-refractivity contribution in [1.82, 2.24) is 14.6 Å². The lowest BCUT2D eigenvalue weighted by molar-refractivity contribution is -0.114. The molecule has 10 heteroatoms. The Hall–Kier alpha value is -2.98. The van der Waals surface area contributed by atoms with Gasteiger partial charge in [0.2, 0.25) is 10.9 Å². The molecule has 0 spiro atoms. The summed E-state index contributed by atoms with van der Waals surface area (Å²) in [6.45, 7) is 1.46. The molecule has 3 heterocycles. The quantitative estimate of drug-likeness (QED) is 0.493. The van der Waals surface area contributed by atoms with Gasteiger partial charge in [0, 0.05) is 23.6 Å². The molecule has 0 aliphatic rings. The van der Waals surface area contributed by atoms with Crippen molar-refractivity contribution in [2.75, 3.05) is 10.6 Å². The zero-order chi connectivity index (χ0) is 19.0. The van der Waals surface area contributed by atoms with Gasteiger partial charge in [0.1, 0.15) is 0 Å². The minimum absolute atomic E-state index is 0.124. The largest absolute Gasteiger partial charge is 0.444 e. The number of nitrogens with one attached hydrogen (secondary N) is 2. The van der Waals surface area contributed by atoms with Crippen molar-refractivity contribution in [2.45, 2.75) is 6.92 Å². The molecule has 0 fully saturated rings. The zero-order valence-corrected chi connectivity index (χ0v) is 16.3. The Kier molecular flexibility index (Phi) is 4.50. The van der Waals surface area contributed by atoms with E-state index in [9.17, 15) is 9.59 Å². The van der Waals surface area contributed by atoms with E-state index in [2.05, 4.69) is 36.6 Å². The molecule has 2 amide bonds. The average molecular weight is 446 g/mol. The fourth-order valence-corrected chi connectivity index (χ4v) is 3.60. The van der Waals surface area contributed by atoms with E-state index in [0.29, 0.717) is 15.3 Å². The molecule has 4 rings (SSSR count). The molecule has 27 heavy (non-hydrogen) atoms. The SMILES string of the molecule is CC(=O)Nc1ccc(-c2csc3nc(NC(=O)c4ccc(Br)o4)nn23)cc1. The maximum atomic E-state index is 12.2. The fourth-order valence-electron chi connectivity index (χ4n) is 2.46. The molecule has 0 radical (unpaired) electrons. The summed E-state index contributed by atoms with van der Waals surface area (Å²) in [5.74, 6) is -0.203. The van der Waals surface area contributed by atoms with Gasteiger partial charge in [-0.15, -0.1) is 16.4 Å². The van der Waals surface area contributed by atoms with Crippen molar-refractivity contribution in [3.63, 3.8) is 0 Å². The van der Waals surface area contributed by atoms with Gasteiger partial charge in [-0.2, -0.15) is 4.98 Å². The van der Waals surface area contributed by atoms with Gasteiger partial charge in [0.25, 0.3) is 11.9 Å². The van der Waals surface area contributed by atoms with Crippen LogP contribution in [0.1, 0.15) is 17.5 Å². The van der Waals surface area contributed by atoms with E-state index in [1.54, 1.807) is 16.6 Å². The van der Waals surface area contributed by atoms with Crippen LogP contribution in [0.4, 0.5) is 11.6 Å². The van der Waals surface area contributed by atoms with E-state index >= 15 is 0 Å². The second-order valence-electron chi connectivity index (χ2n) is 5.57. The van der Waals surface area contributed by atoms with Crippen molar-refractivity contribution in [3.05, 3.63) is 52.2 Å². The summed E-state index contributed by atoms with van der Waals surface area (Å²) in [4.78, 5) is 28.2. The number of carbonyl (C=O) groups excluding carboxylic acids is 2. The number of hydrogen-bond acceptors (Lipinski definition) is 6. The van der Waals surface area contributed by atoms with Crippen LogP contribution in [0.3, 0.4) is 0 Å². The first-order valence-electron chi connectivity index (χ1n) is 7.78. The summed E-state index contributed by atoms with van der Waals surface area (Å²) in [7, 11) is 0. The molecule has 0 unspecified atom stereocenters.